The van der Waals surface area contributed by atoms with Gasteiger partial charge in [0.2, 0.25) is 0 Å². The summed E-state index contributed by atoms with van der Waals surface area (Å²) in [5.41, 5.74) is 2.64. The topological polar surface area (TPSA) is 63.2 Å². The Labute approximate surface area is 274 Å². The molecule has 5 aromatic carbocycles. The summed E-state index contributed by atoms with van der Waals surface area (Å²) in [6.45, 7) is 2.48. The van der Waals surface area contributed by atoms with Crippen molar-refractivity contribution in [2.24, 2.45) is 0 Å². The average molecular weight is 635 g/mol. The highest BCUT2D eigenvalue weighted by atomic mass is 32.2. The predicted molar refractivity (Wildman–Crippen MR) is 180 cm³/mol. The molecule has 46 heavy (non-hydrogen) atoms. The maximum absolute atomic E-state index is 12.0. The molecular weight excluding hydrogens is 596 g/mol. The zero-order valence-corrected chi connectivity index (χ0v) is 26.6. The zero-order chi connectivity index (χ0) is 31.6. The van der Waals surface area contributed by atoms with Crippen LogP contribution in [0.3, 0.4) is 0 Å². The van der Waals surface area contributed by atoms with Crippen LogP contribution in [0.1, 0.15) is 23.6 Å². The molecule has 1 saturated heterocycles. The molecule has 1 aliphatic rings. The average Bonchev–Trinajstić information content (AvgIpc) is 3.10. The molecule has 0 unspecified atom stereocenters. The van der Waals surface area contributed by atoms with Gasteiger partial charge in [0.15, 0.2) is 0 Å². The first-order chi connectivity index (χ1) is 22.6. The van der Waals surface area contributed by atoms with Gasteiger partial charge in [-0.2, -0.15) is 0 Å². The Hall–Kier alpha value is -3.98. The lowest BCUT2D eigenvalue weighted by Gasteiger charge is -2.45. The van der Waals surface area contributed by atoms with Gasteiger partial charge in [-0.1, -0.05) is 127 Å². The quantitative estimate of drug-likeness (QED) is 0.122. The van der Waals surface area contributed by atoms with E-state index >= 15 is 0 Å². The Balaban J connectivity index is 1.33. The molecule has 0 N–H and O–H groups in total. The van der Waals surface area contributed by atoms with E-state index < -0.39 is 29.9 Å². The molecule has 0 bridgehead atoms. The van der Waals surface area contributed by atoms with E-state index in [0.717, 1.165) is 27.0 Å². The van der Waals surface area contributed by atoms with Crippen LogP contribution < -0.4 is 0 Å². The zero-order valence-electron chi connectivity index (χ0n) is 25.8. The van der Waals surface area contributed by atoms with Gasteiger partial charge in [0.05, 0.1) is 19.8 Å². The number of benzene rings is 5. The number of hydrogen-bond donors (Lipinski definition) is 0. The van der Waals surface area contributed by atoms with Gasteiger partial charge in [-0.05, 0) is 45.7 Å². The first-order valence-corrected chi connectivity index (χ1v) is 16.4. The first-order valence-electron chi connectivity index (χ1n) is 15.5. The number of carbonyl (C=O) groups excluding carboxylic acids is 1. The predicted octanol–water partition coefficient (Wildman–Crippen LogP) is 7.98. The lowest BCUT2D eigenvalue weighted by molar-refractivity contribution is -0.253. The summed E-state index contributed by atoms with van der Waals surface area (Å²) in [5.74, 6) is -0.381. The van der Waals surface area contributed by atoms with Crippen LogP contribution in [-0.2, 0) is 48.3 Å². The molecule has 0 saturated carbocycles. The maximum Gasteiger partial charge on any atom is 0.302 e. The Bertz CT molecular complexity index is 1670. The van der Waals surface area contributed by atoms with Gasteiger partial charge in [-0.25, -0.2) is 0 Å². The van der Waals surface area contributed by atoms with Crippen LogP contribution in [0.4, 0.5) is 0 Å². The third-order valence-electron chi connectivity index (χ3n) is 7.86. The second kappa shape index (κ2) is 16.0. The molecule has 0 amide bonds. The van der Waals surface area contributed by atoms with Crippen LogP contribution in [0.25, 0.3) is 10.8 Å². The Morgan fingerprint density at radius 1 is 0.609 bits per heavy atom. The standard InChI is InChI=1S/C39H38O6S/c1-28(40)41-27-35-36(42-26-31-21-22-32-17-11-12-18-33(32)23-31)37(43-24-29-13-5-2-6-14-29)38(44-25-30-15-7-3-8-16-30)39(45-35)46-34-19-9-4-10-20-34/h2-23,35-39H,24-27H2,1H3/t35-,36-,37+,38+,39-/m0/s1. The second-order valence-electron chi connectivity index (χ2n) is 11.3. The summed E-state index contributed by atoms with van der Waals surface area (Å²) in [5, 5.41) is 2.31. The highest BCUT2D eigenvalue weighted by Gasteiger charge is 2.49. The molecule has 1 heterocycles. The van der Waals surface area contributed by atoms with Gasteiger partial charge < -0.3 is 23.7 Å². The van der Waals surface area contributed by atoms with Crippen LogP contribution in [0.15, 0.2) is 138 Å². The third-order valence-corrected chi connectivity index (χ3v) is 9.02. The maximum atomic E-state index is 12.0. The Morgan fingerprint density at radius 2 is 1.15 bits per heavy atom. The van der Waals surface area contributed by atoms with E-state index in [-0.39, 0.29) is 12.6 Å². The van der Waals surface area contributed by atoms with Crippen LogP contribution in [0, 0.1) is 0 Å². The molecule has 1 aliphatic heterocycles. The van der Waals surface area contributed by atoms with Crippen molar-refractivity contribution in [3.8, 4) is 0 Å². The van der Waals surface area contributed by atoms with E-state index in [4.69, 9.17) is 23.7 Å². The van der Waals surface area contributed by atoms with Crippen LogP contribution in [-0.4, -0.2) is 42.4 Å². The van der Waals surface area contributed by atoms with Crippen molar-refractivity contribution in [2.45, 2.75) is 61.5 Å². The summed E-state index contributed by atoms with van der Waals surface area (Å²) in [6, 6.07) is 44.8. The molecule has 6 rings (SSSR count). The fourth-order valence-electron chi connectivity index (χ4n) is 5.56. The van der Waals surface area contributed by atoms with Crippen LogP contribution in [0.2, 0.25) is 0 Å². The minimum absolute atomic E-state index is 0.0279. The number of ether oxygens (including phenoxy) is 5. The molecule has 5 aromatic rings. The number of fused-ring (bicyclic) bond motifs is 1. The number of thioether (sulfide) groups is 1. The van der Waals surface area contributed by atoms with E-state index in [1.165, 1.54) is 12.3 Å². The number of hydrogen-bond acceptors (Lipinski definition) is 7. The largest absolute Gasteiger partial charge is 0.463 e. The van der Waals surface area contributed by atoms with Crippen molar-refractivity contribution in [1.82, 2.24) is 0 Å². The van der Waals surface area contributed by atoms with E-state index in [1.54, 1.807) is 11.8 Å². The van der Waals surface area contributed by atoms with E-state index in [2.05, 4.69) is 30.3 Å². The molecule has 0 spiro atoms. The van der Waals surface area contributed by atoms with E-state index in [9.17, 15) is 4.79 Å². The van der Waals surface area contributed by atoms with Crippen molar-refractivity contribution in [3.63, 3.8) is 0 Å². The summed E-state index contributed by atoms with van der Waals surface area (Å²) in [4.78, 5) is 13.0. The van der Waals surface area contributed by atoms with Crippen molar-refractivity contribution < 1.29 is 28.5 Å². The SMILES string of the molecule is CC(=O)OC[C@@H]1O[C@@H](Sc2ccccc2)[C@H](OCc2ccccc2)[C@H](OCc2ccccc2)[C@H]1OCc1ccc2ccccc2c1. The molecule has 236 valence electrons. The lowest BCUT2D eigenvalue weighted by Crippen LogP contribution is -2.60. The van der Waals surface area contributed by atoms with Gasteiger partial charge in [0.25, 0.3) is 0 Å². The fraction of sp³-hybridized carbons (Fsp3) is 0.256. The monoisotopic (exact) mass is 634 g/mol. The Kier molecular flexibility index (Phi) is 11.1. The number of esters is 1. The molecule has 0 radical (unpaired) electrons. The molecule has 0 aliphatic carbocycles. The summed E-state index contributed by atoms with van der Waals surface area (Å²) in [6.07, 6.45) is -2.24. The highest BCUT2D eigenvalue weighted by molar-refractivity contribution is 7.99. The summed E-state index contributed by atoms with van der Waals surface area (Å²) < 4.78 is 32.5. The minimum atomic E-state index is -0.595. The van der Waals surface area contributed by atoms with Gasteiger partial charge >= 0.3 is 5.97 Å². The van der Waals surface area contributed by atoms with Crippen molar-refractivity contribution in [2.75, 3.05) is 6.61 Å². The molecule has 6 nitrogen and oxygen atoms in total. The van der Waals surface area contributed by atoms with E-state index in [0.29, 0.717) is 19.8 Å². The summed E-state index contributed by atoms with van der Waals surface area (Å²) in [7, 11) is 0. The molecular formula is C39H38O6S. The third kappa shape index (κ3) is 8.63. The van der Waals surface area contributed by atoms with Crippen molar-refractivity contribution >= 4 is 28.5 Å². The van der Waals surface area contributed by atoms with Gasteiger partial charge in [-0.15, -0.1) is 0 Å². The van der Waals surface area contributed by atoms with Crippen molar-refractivity contribution in [1.29, 1.82) is 0 Å². The Morgan fingerprint density at radius 3 is 1.80 bits per heavy atom. The lowest BCUT2D eigenvalue weighted by atomic mass is 9.98. The highest BCUT2D eigenvalue weighted by Crippen LogP contribution is 2.38. The summed E-state index contributed by atoms with van der Waals surface area (Å²) >= 11 is 1.57. The van der Waals surface area contributed by atoms with Crippen LogP contribution in [0.5, 0.6) is 0 Å². The first kappa shape index (κ1) is 32.0. The molecule has 0 aromatic heterocycles. The van der Waals surface area contributed by atoms with Crippen molar-refractivity contribution in [3.05, 3.63) is 150 Å². The molecule has 7 heteroatoms. The fourth-order valence-corrected chi connectivity index (χ4v) is 6.71. The molecule has 1 fully saturated rings. The number of carbonyl (C=O) groups is 1. The second-order valence-corrected chi connectivity index (χ2v) is 12.4. The molecule has 5 atom stereocenters. The van der Waals surface area contributed by atoms with Crippen LogP contribution >= 0.6 is 11.8 Å². The minimum Gasteiger partial charge on any atom is -0.463 e. The number of rotatable bonds is 13. The smallest absolute Gasteiger partial charge is 0.302 e. The van der Waals surface area contributed by atoms with Gasteiger partial charge in [0, 0.05) is 11.8 Å². The van der Waals surface area contributed by atoms with Gasteiger partial charge in [0.1, 0.15) is 36.5 Å². The normalized spacial score (nSPS) is 21.2. The van der Waals surface area contributed by atoms with Gasteiger partial charge in [-0.3, -0.25) is 4.79 Å². The van der Waals surface area contributed by atoms with E-state index in [1.807, 2.05) is 103 Å².